The molecule has 106 valence electrons. The Morgan fingerprint density at radius 1 is 1.30 bits per heavy atom. The van der Waals surface area contributed by atoms with E-state index in [2.05, 4.69) is 0 Å². The Hall–Kier alpha value is -1.59. The number of nitrogens with zero attached hydrogens (tertiary/aromatic N) is 1. The molecule has 0 N–H and O–H groups in total. The van der Waals surface area contributed by atoms with Crippen LogP contribution in [0.1, 0.15) is 5.56 Å². The first-order chi connectivity index (χ1) is 9.42. The van der Waals surface area contributed by atoms with E-state index in [1.807, 2.05) is 12.1 Å². The molecule has 0 spiro atoms. The van der Waals surface area contributed by atoms with Crippen molar-refractivity contribution in [1.29, 1.82) is 0 Å². The van der Waals surface area contributed by atoms with E-state index in [1.165, 1.54) is 17.1 Å². The fourth-order valence-electron chi connectivity index (χ4n) is 1.81. The van der Waals surface area contributed by atoms with Crippen LogP contribution in [0.3, 0.4) is 0 Å². The van der Waals surface area contributed by atoms with Gasteiger partial charge in [-0.2, -0.15) is 0 Å². The van der Waals surface area contributed by atoms with Crippen LogP contribution in [0.15, 0.2) is 41.3 Å². The van der Waals surface area contributed by atoms with Gasteiger partial charge in [-0.3, -0.25) is 4.79 Å². The summed E-state index contributed by atoms with van der Waals surface area (Å²) in [4.78, 5) is 13.1. The standard InChI is InChI=1S/C14H14ClNO3S/c1-16-9-10-20(18,19)13(14(16)17)8-4-6-11-5-2-3-7-12(11)15/h2-8H,9-10H2,1H3/b6-4+,13-8+. The highest BCUT2D eigenvalue weighted by Crippen LogP contribution is 2.19. The van der Waals surface area contributed by atoms with Gasteiger partial charge in [0.15, 0.2) is 9.84 Å². The number of carbonyl (C=O) groups excluding carboxylic acids is 1. The van der Waals surface area contributed by atoms with Crippen LogP contribution < -0.4 is 0 Å². The van der Waals surface area contributed by atoms with E-state index >= 15 is 0 Å². The molecule has 0 atom stereocenters. The number of carbonyl (C=O) groups is 1. The fraction of sp³-hybridized carbons (Fsp3) is 0.214. The van der Waals surface area contributed by atoms with Crippen molar-refractivity contribution in [2.75, 3.05) is 19.3 Å². The zero-order chi connectivity index (χ0) is 14.8. The number of sulfone groups is 1. The summed E-state index contributed by atoms with van der Waals surface area (Å²) in [6, 6.07) is 7.18. The average molecular weight is 312 g/mol. The zero-order valence-corrected chi connectivity index (χ0v) is 12.5. The minimum absolute atomic E-state index is 0.0407. The molecule has 1 aliphatic rings. The average Bonchev–Trinajstić information content (AvgIpc) is 2.40. The molecule has 0 aromatic heterocycles. The second-order valence-corrected chi connectivity index (χ2v) is 6.94. The van der Waals surface area contributed by atoms with Crippen LogP contribution in [0.4, 0.5) is 0 Å². The maximum atomic E-state index is 11.9. The molecule has 4 nitrogen and oxygen atoms in total. The zero-order valence-electron chi connectivity index (χ0n) is 10.9. The molecule has 1 fully saturated rings. The van der Waals surface area contributed by atoms with Gasteiger partial charge in [0, 0.05) is 18.6 Å². The van der Waals surface area contributed by atoms with Crippen molar-refractivity contribution in [2.24, 2.45) is 0 Å². The Morgan fingerprint density at radius 2 is 2.00 bits per heavy atom. The molecule has 1 amide bonds. The summed E-state index contributed by atoms with van der Waals surface area (Å²) in [6.45, 7) is 0.229. The molecule has 0 aliphatic carbocycles. The first kappa shape index (κ1) is 14.8. The van der Waals surface area contributed by atoms with Gasteiger partial charge < -0.3 is 4.90 Å². The minimum Gasteiger partial charge on any atom is -0.340 e. The fourth-order valence-corrected chi connectivity index (χ4v) is 3.45. The maximum absolute atomic E-state index is 11.9. The lowest BCUT2D eigenvalue weighted by Gasteiger charge is -2.23. The Labute approximate surface area is 123 Å². The summed E-state index contributed by atoms with van der Waals surface area (Å²) in [5.41, 5.74) is 0.764. The molecule has 1 saturated heterocycles. The monoisotopic (exact) mass is 311 g/mol. The van der Waals surface area contributed by atoms with Crippen LogP contribution in [0.5, 0.6) is 0 Å². The van der Waals surface area contributed by atoms with Crippen LogP contribution in [-0.4, -0.2) is 38.6 Å². The predicted octanol–water partition coefficient (Wildman–Crippen LogP) is 2.12. The number of benzene rings is 1. The quantitative estimate of drug-likeness (QED) is 0.786. The number of hydrogen-bond acceptors (Lipinski definition) is 3. The van der Waals surface area contributed by atoms with E-state index in [9.17, 15) is 13.2 Å². The summed E-state index contributed by atoms with van der Waals surface area (Å²) in [7, 11) is -1.90. The van der Waals surface area contributed by atoms with Crippen molar-refractivity contribution >= 4 is 33.4 Å². The van der Waals surface area contributed by atoms with E-state index in [0.717, 1.165) is 5.56 Å². The third-order valence-corrected chi connectivity index (χ3v) is 5.06. The molecule has 0 saturated carbocycles. The van der Waals surface area contributed by atoms with Gasteiger partial charge in [0.25, 0.3) is 5.91 Å². The summed E-state index contributed by atoms with van der Waals surface area (Å²) < 4.78 is 23.7. The van der Waals surface area contributed by atoms with Gasteiger partial charge in [-0.15, -0.1) is 0 Å². The summed E-state index contributed by atoms with van der Waals surface area (Å²) in [5.74, 6) is -0.513. The van der Waals surface area contributed by atoms with Crippen molar-refractivity contribution in [3.8, 4) is 0 Å². The highest BCUT2D eigenvalue weighted by Gasteiger charge is 2.32. The molecule has 0 unspecified atom stereocenters. The van der Waals surface area contributed by atoms with Crippen LogP contribution >= 0.6 is 11.6 Å². The van der Waals surface area contributed by atoms with E-state index < -0.39 is 15.7 Å². The Balaban J connectivity index is 2.30. The van der Waals surface area contributed by atoms with Gasteiger partial charge in [-0.25, -0.2) is 8.42 Å². The lowest BCUT2D eigenvalue weighted by atomic mass is 10.2. The van der Waals surface area contributed by atoms with Gasteiger partial charge >= 0.3 is 0 Å². The number of amides is 1. The van der Waals surface area contributed by atoms with Crippen LogP contribution in [0.2, 0.25) is 5.02 Å². The molecule has 0 radical (unpaired) electrons. The maximum Gasteiger partial charge on any atom is 0.265 e. The van der Waals surface area contributed by atoms with Crippen LogP contribution in [-0.2, 0) is 14.6 Å². The van der Waals surface area contributed by atoms with Crippen LogP contribution in [0.25, 0.3) is 6.08 Å². The van der Waals surface area contributed by atoms with E-state index in [1.54, 1.807) is 25.3 Å². The van der Waals surface area contributed by atoms with Crippen molar-refractivity contribution in [3.05, 3.63) is 51.9 Å². The van der Waals surface area contributed by atoms with Gasteiger partial charge in [-0.1, -0.05) is 42.0 Å². The number of halogens is 1. The first-order valence-corrected chi connectivity index (χ1v) is 8.06. The largest absolute Gasteiger partial charge is 0.340 e. The van der Waals surface area contributed by atoms with Crippen molar-refractivity contribution in [3.63, 3.8) is 0 Å². The second kappa shape index (κ2) is 5.81. The normalized spacial score (nSPS) is 20.8. The molecule has 1 aliphatic heterocycles. The third kappa shape index (κ3) is 3.11. The molecule has 1 aromatic carbocycles. The first-order valence-electron chi connectivity index (χ1n) is 6.03. The Morgan fingerprint density at radius 3 is 2.70 bits per heavy atom. The molecule has 1 aromatic rings. The van der Waals surface area contributed by atoms with Gasteiger partial charge in [0.2, 0.25) is 0 Å². The SMILES string of the molecule is CN1CCS(=O)(=O)/C(=C/C=C/c2ccccc2Cl)C1=O. The van der Waals surface area contributed by atoms with Crippen LogP contribution in [0, 0.1) is 0 Å². The summed E-state index contributed by atoms with van der Waals surface area (Å²) in [5, 5.41) is 0.567. The van der Waals surface area contributed by atoms with Gasteiger partial charge in [0.05, 0.1) is 5.75 Å². The molecule has 2 rings (SSSR count). The summed E-state index contributed by atoms with van der Waals surface area (Å²) in [6.07, 6.45) is 4.54. The molecular formula is C14H14ClNO3S. The topological polar surface area (TPSA) is 54.5 Å². The Kier molecular flexibility index (Phi) is 4.30. The molecule has 20 heavy (non-hydrogen) atoms. The van der Waals surface area contributed by atoms with Gasteiger partial charge in [0.1, 0.15) is 4.91 Å². The molecular weight excluding hydrogens is 298 g/mol. The summed E-state index contributed by atoms with van der Waals surface area (Å²) >= 11 is 5.99. The van der Waals surface area contributed by atoms with Crippen molar-refractivity contribution in [1.82, 2.24) is 4.90 Å². The lowest BCUT2D eigenvalue weighted by molar-refractivity contribution is -0.125. The highest BCUT2D eigenvalue weighted by atomic mass is 35.5. The molecule has 0 bridgehead atoms. The van der Waals surface area contributed by atoms with E-state index in [-0.39, 0.29) is 17.2 Å². The van der Waals surface area contributed by atoms with Gasteiger partial charge in [-0.05, 0) is 17.7 Å². The third-order valence-electron chi connectivity index (χ3n) is 3.02. The van der Waals surface area contributed by atoms with E-state index in [4.69, 9.17) is 11.6 Å². The van der Waals surface area contributed by atoms with E-state index in [0.29, 0.717) is 5.02 Å². The lowest BCUT2D eigenvalue weighted by Crippen LogP contribution is -2.40. The second-order valence-electron chi connectivity index (χ2n) is 4.46. The molecule has 6 heteroatoms. The molecule has 1 heterocycles. The number of allylic oxidation sites excluding steroid dienone is 2. The Bertz CT molecular complexity index is 692. The predicted molar refractivity (Wildman–Crippen MR) is 80.0 cm³/mol. The smallest absolute Gasteiger partial charge is 0.265 e. The van der Waals surface area contributed by atoms with Crippen molar-refractivity contribution in [2.45, 2.75) is 0 Å². The minimum atomic E-state index is -3.48. The highest BCUT2D eigenvalue weighted by molar-refractivity contribution is 7.96. The van der Waals surface area contributed by atoms with Crippen molar-refractivity contribution < 1.29 is 13.2 Å². The number of likely N-dealkylation sites (N-methyl/N-ethyl adjacent to an activating group) is 1. The number of rotatable bonds is 2. The number of hydrogen-bond donors (Lipinski definition) is 0.